The monoisotopic (exact) mass is 179 g/mol. The molecule has 8 heteroatoms. The van der Waals surface area contributed by atoms with Crippen LogP contribution in [0, 0.1) is 10.2 Å². The molecule has 0 aromatic carbocycles. The van der Waals surface area contributed by atoms with Crippen molar-refractivity contribution >= 4 is 29.8 Å². The molecule has 0 aromatic rings. The van der Waals surface area contributed by atoms with Gasteiger partial charge in [0.15, 0.2) is 0 Å². The zero-order valence-electron chi connectivity index (χ0n) is 3.70. The van der Waals surface area contributed by atoms with Gasteiger partial charge in [0.05, 0.1) is 0 Å². The van der Waals surface area contributed by atoms with Crippen molar-refractivity contribution < 1.29 is 28.9 Å². The van der Waals surface area contributed by atoms with Crippen molar-refractivity contribution in [2.24, 2.45) is 0 Å². The van der Waals surface area contributed by atoms with Crippen molar-refractivity contribution in [1.82, 2.24) is 6.15 Å². The molecular formula is H4AlCl2NO4. The van der Waals surface area contributed by atoms with Crippen molar-refractivity contribution in [2.45, 2.75) is 0 Å². The van der Waals surface area contributed by atoms with Gasteiger partial charge in [-0.2, -0.15) is 0 Å². The quantitative estimate of drug-likeness (QED) is 0.375. The van der Waals surface area contributed by atoms with E-state index in [4.69, 9.17) is 18.6 Å². The summed E-state index contributed by atoms with van der Waals surface area (Å²) in [5, 5.41) is 0. The zero-order valence-corrected chi connectivity index (χ0v) is 6.43. The van der Waals surface area contributed by atoms with Crippen LogP contribution in [0.4, 0.5) is 0 Å². The maximum atomic E-state index is 8.49. The fourth-order valence-electron chi connectivity index (χ4n) is 0. The smallest absolute Gasteiger partial charge is 0.344 e. The Morgan fingerprint density at radius 1 is 0.875 bits per heavy atom. The van der Waals surface area contributed by atoms with Crippen LogP contribution < -0.4 is 24.8 Å². The molecule has 0 aliphatic heterocycles. The second kappa shape index (κ2) is 7.91. The Hall–Kier alpha value is 0.912. The Morgan fingerprint density at radius 2 is 0.875 bits per heavy atom. The van der Waals surface area contributed by atoms with Crippen LogP contribution in [0.5, 0.6) is 0 Å². The second-order valence-electron chi connectivity index (χ2n) is 0.378. The van der Waals surface area contributed by atoms with Gasteiger partial charge < -0.3 is 6.15 Å². The van der Waals surface area contributed by atoms with Crippen molar-refractivity contribution in [3.05, 3.63) is 0 Å². The molecule has 0 fully saturated rings. The third-order valence-corrected chi connectivity index (χ3v) is 0. The SMILES string of the molecule is Cl.N.[Al+].[O-][Cl+3]([O-])([O-])[O-]. The maximum Gasteiger partial charge on any atom is 1.00 e. The standard InChI is InChI=1S/Al.ClHO4.ClH.H3N/c;2-1(3,4)5;;/h;(H,2,3,4,5);1H;1H3/q+1;;;/p-1. The van der Waals surface area contributed by atoms with Crippen LogP contribution in [0.15, 0.2) is 0 Å². The van der Waals surface area contributed by atoms with Crippen LogP contribution in [0.25, 0.3) is 0 Å². The van der Waals surface area contributed by atoms with Crippen LogP contribution in [0.2, 0.25) is 0 Å². The average Bonchev–Trinajstić information content (AvgIpc) is 0.722. The molecule has 0 saturated carbocycles. The van der Waals surface area contributed by atoms with E-state index in [-0.39, 0.29) is 35.9 Å². The van der Waals surface area contributed by atoms with Gasteiger partial charge in [-0.3, -0.25) is 0 Å². The summed E-state index contributed by atoms with van der Waals surface area (Å²) in [5.41, 5.74) is 0. The van der Waals surface area contributed by atoms with Gasteiger partial charge in [0, 0.05) is 0 Å². The summed E-state index contributed by atoms with van der Waals surface area (Å²) in [6.07, 6.45) is 0. The van der Waals surface area contributed by atoms with E-state index in [9.17, 15) is 0 Å². The summed E-state index contributed by atoms with van der Waals surface area (Å²) in [4.78, 5) is 0. The Morgan fingerprint density at radius 3 is 0.875 bits per heavy atom. The molecule has 0 rings (SSSR count). The van der Waals surface area contributed by atoms with E-state index in [1.165, 1.54) is 0 Å². The fraction of sp³-hybridized carbons (Fsp3) is 0. The molecule has 3 N–H and O–H groups in total. The number of rotatable bonds is 0. The molecule has 0 heterocycles. The maximum absolute atomic E-state index is 8.49. The molecule has 0 amide bonds. The normalized spacial score (nSPS) is 7.50. The molecule has 0 unspecified atom stereocenters. The molecule has 50 valence electrons. The molecule has 0 atom stereocenters. The van der Waals surface area contributed by atoms with Gasteiger partial charge in [0.25, 0.3) is 0 Å². The zero-order chi connectivity index (χ0) is 4.50. The summed E-state index contributed by atoms with van der Waals surface area (Å²) in [6, 6.07) is 0. The summed E-state index contributed by atoms with van der Waals surface area (Å²) >= 11 is 0. The molecule has 2 radical (unpaired) electrons. The number of halogens is 2. The van der Waals surface area contributed by atoms with E-state index in [1.807, 2.05) is 0 Å². The molecule has 0 saturated heterocycles. The predicted molar refractivity (Wildman–Crippen MR) is 18.0 cm³/mol. The first kappa shape index (κ1) is 23.1. The van der Waals surface area contributed by atoms with Gasteiger partial charge in [-0.15, -0.1) is 22.7 Å². The summed E-state index contributed by atoms with van der Waals surface area (Å²) in [6.45, 7) is 0. The first-order valence-electron chi connectivity index (χ1n) is 0.617. The predicted octanol–water partition coefficient (Wildman–Crippen LogP) is -4.55. The molecule has 0 aromatic heterocycles. The van der Waals surface area contributed by atoms with Gasteiger partial charge >= 0.3 is 17.4 Å². The minimum Gasteiger partial charge on any atom is -0.344 e. The Bertz CT molecular complexity index is 29.5. The van der Waals surface area contributed by atoms with Crippen molar-refractivity contribution in [3.8, 4) is 0 Å². The van der Waals surface area contributed by atoms with Gasteiger partial charge in [0.2, 0.25) is 0 Å². The van der Waals surface area contributed by atoms with Crippen LogP contribution >= 0.6 is 12.4 Å². The van der Waals surface area contributed by atoms with E-state index in [0.717, 1.165) is 0 Å². The minimum atomic E-state index is -4.94. The average molecular weight is 180 g/mol. The van der Waals surface area contributed by atoms with Crippen LogP contribution in [-0.4, -0.2) is 17.4 Å². The molecule has 0 aliphatic rings. The second-order valence-corrected chi connectivity index (χ2v) is 1.13. The summed E-state index contributed by atoms with van der Waals surface area (Å²) in [7, 11) is -4.94. The topological polar surface area (TPSA) is 127 Å². The van der Waals surface area contributed by atoms with Crippen molar-refractivity contribution in [1.29, 1.82) is 0 Å². The van der Waals surface area contributed by atoms with Gasteiger partial charge in [-0.25, -0.2) is 18.6 Å². The Labute approximate surface area is 65.2 Å². The minimum absolute atomic E-state index is 0. The largest absolute Gasteiger partial charge is 1.00 e. The van der Waals surface area contributed by atoms with Crippen LogP contribution in [-0.2, 0) is 0 Å². The van der Waals surface area contributed by atoms with E-state index in [2.05, 4.69) is 0 Å². The molecule has 0 spiro atoms. The number of hydrogen-bond donors (Lipinski definition) is 1. The van der Waals surface area contributed by atoms with Crippen molar-refractivity contribution in [3.63, 3.8) is 0 Å². The Kier molecular flexibility index (Phi) is 22.9. The third-order valence-electron chi connectivity index (χ3n) is 0. The summed E-state index contributed by atoms with van der Waals surface area (Å²) < 4.78 is 34.0. The van der Waals surface area contributed by atoms with E-state index in [0.29, 0.717) is 0 Å². The van der Waals surface area contributed by atoms with Crippen LogP contribution in [0.3, 0.4) is 0 Å². The van der Waals surface area contributed by atoms with E-state index < -0.39 is 10.2 Å². The first-order valence-corrected chi connectivity index (χ1v) is 1.85. The third kappa shape index (κ3) is 290. The Balaban J connectivity index is -0.0000000267. The van der Waals surface area contributed by atoms with E-state index >= 15 is 0 Å². The number of hydrogen-bond acceptors (Lipinski definition) is 5. The van der Waals surface area contributed by atoms with Crippen molar-refractivity contribution in [2.75, 3.05) is 0 Å². The molecular weight excluding hydrogens is 176 g/mol. The van der Waals surface area contributed by atoms with Gasteiger partial charge in [0.1, 0.15) is 0 Å². The first-order chi connectivity index (χ1) is 2.00. The van der Waals surface area contributed by atoms with Crippen LogP contribution in [0.1, 0.15) is 0 Å². The molecule has 0 aliphatic carbocycles. The molecule has 8 heavy (non-hydrogen) atoms. The van der Waals surface area contributed by atoms with Gasteiger partial charge in [-0.1, -0.05) is 0 Å². The van der Waals surface area contributed by atoms with Gasteiger partial charge in [-0.05, 0) is 0 Å². The van der Waals surface area contributed by atoms with E-state index in [1.54, 1.807) is 0 Å². The molecule has 5 nitrogen and oxygen atoms in total. The molecule has 0 bridgehead atoms. The fourth-order valence-corrected chi connectivity index (χ4v) is 0. The summed E-state index contributed by atoms with van der Waals surface area (Å²) in [5.74, 6) is 0.